The highest BCUT2D eigenvalue weighted by atomic mass is 16.5. The number of ether oxygens (including phenoxy) is 1. The first kappa shape index (κ1) is 12.1. The van der Waals surface area contributed by atoms with Crippen LogP contribution < -0.4 is 4.74 Å². The summed E-state index contributed by atoms with van der Waals surface area (Å²) in [5, 5.41) is 13.0. The lowest BCUT2D eigenvalue weighted by atomic mass is 10.1. The molecule has 2 aromatic heterocycles. The van der Waals surface area contributed by atoms with Crippen LogP contribution >= 0.6 is 0 Å². The molecule has 18 heavy (non-hydrogen) atoms. The second-order valence-corrected chi connectivity index (χ2v) is 3.82. The summed E-state index contributed by atoms with van der Waals surface area (Å²) in [6.07, 6.45) is 3.18. The lowest BCUT2D eigenvalue weighted by Gasteiger charge is -2.03. The van der Waals surface area contributed by atoms with Crippen LogP contribution in [0.1, 0.15) is 18.4 Å². The van der Waals surface area contributed by atoms with Crippen LogP contribution in [0.5, 0.6) is 5.88 Å². The highest BCUT2D eigenvalue weighted by Crippen LogP contribution is 2.17. The summed E-state index contributed by atoms with van der Waals surface area (Å²) in [7, 11) is 1.53. The number of hydrogen-bond donors (Lipinski definition) is 1. The molecule has 0 fully saturated rings. The minimum absolute atomic E-state index is 0.482. The van der Waals surface area contributed by atoms with E-state index in [4.69, 9.17) is 9.84 Å². The highest BCUT2D eigenvalue weighted by Gasteiger charge is 2.16. The lowest BCUT2D eigenvalue weighted by molar-refractivity contribution is -0.138. The number of aliphatic carboxylic acids is 1. The van der Waals surface area contributed by atoms with E-state index in [2.05, 4.69) is 10.1 Å². The van der Waals surface area contributed by atoms with Crippen LogP contribution in [0.3, 0.4) is 0 Å². The van der Waals surface area contributed by atoms with Crippen molar-refractivity contribution in [2.45, 2.75) is 12.8 Å². The van der Waals surface area contributed by atoms with Gasteiger partial charge in [-0.2, -0.15) is 10.1 Å². The first-order valence-electron chi connectivity index (χ1n) is 5.40. The maximum Gasteiger partial charge on any atom is 0.310 e. The fraction of sp³-hybridized carbons (Fsp3) is 0.250. The molecule has 2 aromatic rings. The number of carboxylic acid groups (broad SMARTS) is 1. The largest absolute Gasteiger partial charge is 0.481 e. The molecule has 6 heteroatoms. The van der Waals surface area contributed by atoms with Gasteiger partial charge in [0.15, 0.2) is 5.82 Å². The number of aromatic nitrogens is 3. The second kappa shape index (κ2) is 4.87. The van der Waals surface area contributed by atoms with Crippen LogP contribution in [0.25, 0.3) is 5.82 Å². The molecule has 6 nitrogen and oxygen atoms in total. The molecule has 1 atom stereocenters. The molecule has 1 unspecified atom stereocenters. The topological polar surface area (TPSA) is 77.2 Å². The van der Waals surface area contributed by atoms with E-state index < -0.39 is 11.9 Å². The monoisotopic (exact) mass is 247 g/mol. The van der Waals surface area contributed by atoms with E-state index in [0.717, 1.165) is 0 Å². The Morgan fingerprint density at radius 3 is 2.94 bits per heavy atom. The predicted octanol–water partition coefficient (Wildman–Crippen LogP) is 1.46. The number of hydrogen-bond acceptors (Lipinski definition) is 4. The van der Waals surface area contributed by atoms with E-state index in [9.17, 15) is 4.79 Å². The van der Waals surface area contributed by atoms with Gasteiger partial charge in [0.05, 0.1) is 19.2 Å². The van der Waals surface area contributed by atoms with Crippen LogP contribution in [0, 0.1) is 0 Å². The molecule has 0 bridgehead atoms. The third-order valence-corrected chi connectivity index (χ3v) is 2.63. The van der Waals surface area contributed by atoms with Gasteiger partial charge in [-0.05, 0) is 13.0 Å². The van der Waals surface area contributed by atoms with E-state index in [0.29, 0.717) is 17.3 Å². The molecule has 1 N–H and O–H groups in total. The van der Waals surface area contributed by atoms with E-state index in [1.807, 2.05) is 0 Å². The normalized spacial score (nSPS) is 12.1. The molecule has 94 valence electrons. The van der Waals surface area contributed by atoms with Gasteiger partial charge in [0.25, 0.3) is 0 Å². The van der Waals surface area contributed by atoms with Crippen molar-refractivity contribution in [3.05, 3.63) is 36.2 Å². The van der Waals surface area contributed by atoms with Crippen molar-refractivity contribution in [1.82, 2.24) is 14.8 Å². The van der Waals surface area contributed by atoms with E-state index in [1.54, 1.807) is 31.3 Å². The highest BCUT2D eigenvalue weighted by molar-refractivity contribution is 5.75. The number of methoxy groups -OCH3 is 1. The first-order chi connectivity index (χ1) is 8.61. The van der Waals surface area contributed by atoms with Crippen LogP contribution in [0.15, 0.2) is 30.6 Å². The molecular formula is C12H13N3O3. The van der Waals surface area contributed by atoms with Crippen molar-refractivity contribution in [2.75, 3.05) is 7.11 Å². The van der Waals surface area contributed by atoms with Gasteiger partial charge in [0, 0.05) is 17.8 Å². The second-order valence-electron chi connectivity index (χ2n) is 3.82. The Hall–Kier alpha value is -2.37. The minimum Gasteiger partial charge on any atom is -0.481 e. The van der Waals surface area contributed by atoms with E-state index >= 15 is 0 Å². The Morgan fingerprint density at radius 1 is 1.50 bits per heavy atom. The minimum atomic E-state index is -0.881. The summed E-state index contributed by atoms with van der Waals surface area (Å²) >= 11 is 0. The van der Waals surface area contributed by atoms with Gasteiger partial charge in [-0.1, -0.05) is 6.07 Å². The summed E-state index contributed by atoms with van der Waals surface area (Å²) in [5.74, 6) is -0.411. The number of carboxylic acids is 1. The van der Waals surface area contributed by atoms with Crippen molar-refractivity contribution in [2.24, 2.45) is 0 Å². The number of rotatable bonds is 4. The van der Waals surface area contributed by atoms with Crippen molar-refractivity contribution in [1.29, 1.82) is 0 Å². The summed E-state index contributed by atoms with van der Waals surface area (Å²) in [6.45, 7) is 1.61. The molecule has 0 amide bonds. The van der Waals surface area contributed by atoms with E-state index in [1.165, 1.54) is 18.0 Å². The molecule has 2 rings (SSSR count). The molecule has 0 spiro atoms. The van der Waals surface area contributed by atoms with Crippen LogP contribution in [0.4, 0.5) is 0 Å². The molecule has 0 aliphatic heterocycles. The fourth-order valence-corrected chi connectivity index (χ4v) is 1.47. The van der Waals surface area contributed by atoms with Crippen molar-refractivity contribution >= 4 is 5.97 Å². The van der Waals surface area contributed by atoms with Gasteiger partial charge in [0.2, 0.25) is 5.88 Å². The summed E-state index contributed by atoms with van der Waals surface area (Å²) < 4.78 is 6.55. The Morgan fingerprint density at radius 2 is 2.28 bits per heavy atom. The van der Waals surface area contributed by atoms with Gasteiger partial charge in [-0.25, -0.2) is 4.68 Å². The molecule has 0 aromatic carbocycles. The molecule has 0 saturated heterocycles. The van der Waals surface area contributed by atoms with Crippen LogP contribution in [-0.2, 0) is 4.79 Å². The zero-order chi connectivity index (χ0) is 13.1. The average Bonchev–Trinajstić information content (AvgIpc) is 2.87. The van der Waals surface area contributed by atoms with Crippen molar-refractivity contribution < 1.29 is 14.6 Å². The Kier molecular flexibility index (Phi) is 3.27. The van der Waals surface area contributed by atoms with Gasteiger partial charge in [-0.3, -0.25) is 4.79 Å². The first-order valence-corrected chi connectivity index (χ1v) is 5.40. The summed E-state index contributed by atoms with van der Waals surface area (Å²) in [6, 6.07) is 5.29. The summed E-state index contributed by atoms with van der Waals surface area (Å²) in [5.41, 5.74) is 0.632. The number of pyridine rings is 1. The fourth-order valence-electron chi connectivity index (χ4n) is 1.47. The maximum atomic E-state index is 10.9. The zero-order valence-corrected chi connectivity index (χ0v) is 10.1. The molecule has 0 saturated carbocycles. The number of carbonyl (C=O) groups is 1. The lowest BCUT2D eigenvalue weighted by Crippen LogP contribution is -2.06. The predicted molar refractivity (Wildman–Crippen MR) is 64.0 cm³/mol. The molecule has 2 heterocycles. The third kappa shape index (κ3) is 2.32. The Bertz CT molecular complexity index is 565. The van der Waals surface area contributed by atoms with Crippen molar-refractivity contribution in [3.63, 3.8) is 0 Å². The molecule has 0 aliphatic rings. The Labute approximate surface area is 104 Å². The molecule has 0 aliphatic carbocycles. The molecule has 0 radical (unpaired) electrons. The Balaban J connectivity index is 2.31. The van der Waals surface area contributed by atoms with Gasteiger partial charge < -0.3 is 9.84 Å². The third-order valence-electron chi connectivity index (χ3n) is 2.63. The van der Waals surface area contributed by atoms with E-state index in [-0.39, 0.29) is 0 Å². The average molecular weight is 247 g/mol. The van der Waals surface area contributed by atoms with Gasteiger partial charge >= 0.3 is 5.97 Å². The summed E-state index contributed by atoms with van der Waals surface area (Å²) in [4.78, 5) is 15.1. The van der Waals surface area contributed by atoms with Crippen LogP contribution in [0.2, 0.25) is 0 Å². The van der Waals surface area contributed by atoms with Crippen LogP contribution in [-0.4, -0.2) is 33.0 Å². The maximum absolute atomic E-state index is 10.9. The molecular weight excluding hydrogens is 234 g/mol. The quantitative estimate of drug-likeness (QED) is 0.885. The zero-order valence-electron chi connectivity index (χ0n) is 10.1. The SMILES string of the molecule is COc1cccc(-n2cc(C(C)C(=O)O)cn2)n1. The number of nitrogens with zero attached hydrogens (tertiary/aromatic N) is 3. The van der Waals surface area contributed by atoms with Crippen molar-refractivity contribution in [3.8, 4) is 11.7 Å². The van der Waals surface area contributed by atoms with Gasteiger partial charge in [0.1, 0.15) is 0 Å². The standard InChI is InChI=1S/C12H13N3O3/c1-8(12(16)17)9-6-13-15(7-9)10-4-3-5-11(14-10)18-2/h3-8H,1-2H3,(H,16,17). The van der Waals surface area contributed by atoms with Gasteiger partial charge in [-0.15, -0.1) is 0 Å². The smallest absolute Gasteiger partial charge is 0.310 e.